The van der Waals surface area contributed by atoms with E-state index in [0.29, 0.717) is 41.0 Å². The molecule has 6 nitrogen and oxygen atoms in total. The second kappa shape index (κ2) is 7.98. The molecule has 0 aliphatic heterocycles. The molecule has 29 heavy (non-hydrogen) atoms. The molecule has 1 amide bonds. The Hall–Kier alpha value is -3.93. The van der Waals surface area contributed by atoms with Crippen LogP contribution in [0.5, 0.6) is 5.75 Å². The number of anilines is 1. The number of benzene rings is 3. The zero-order chi connectivity index (χ0) is 20.2. The molecule has 0 saturated carbocycles. The number of amides is 1. The Balaban J connectivity index is 1.68. The summed E-state index contributed by atoms with van der Waals surface area (Å²) >= 11 is 0. The Morgan fingerprint density at radius 2 is 1.79 bits per heavy atom. The molecule has 144 valence electrons. The maximum absolute atomic E-state index is 13.0. The lowest BCUT2D eigenvalue weighted by molar-refractivity contribution is 0.0985. The van der Waals surface area contributed by atoms with E-state index in [0.717, 1.165) is 11.1 Å². The Kier molecular flexibility index (Phi) is 5.07. The van der Waals surface area contributed by atoms with Crippen LogP contribution in [-0.4, -0.2) is 29.4 Å². The molecule has 0 aliphatic rings. The van der Waals surface area contributed by atoms with Crippen molar-refractivity contribution in [3.63, 3.8) is 0 Å². The quantitative estimate of drug-likeness (QED) is 0.504. The lowest BCUT2D eigenvalue weighted by Crippen LogP contribution is -2.27. The average molecular weight is 385 g/mol. The predicted molar refractivity (Wildman–Crippen MR) is 111 cm³/mol. The average Bonchev–Trinajstić information content (AvgIpc) is 3.22. The second-order valence-electron chi connectivity index (χ2n) is 6.57. The van der Waals surface area contributed by atoms with Gasteiger partial charge in [-0.2, -0.15) is 5.10 Å². The number of rotatable bonds is 6. The van der Waals surface area contributed by atoms with Gasteiger partial charge in [-0.15, -0.1) is 0 Å². The van der Waals surface area contributed by atoms with Gasteiger partial charge >= 0.3 is 0 Å². The van der Waals surface area contributed by atoms with Gasteiger partial charge in [0.05, 0.1) is 16.5 Å². The first-order valence-corrected chi connectivity index (χ1v) is 9.15. The van der Waals surface area contributed by atoms with E-state index in [1.165, 1.54) is 4.90 Å². The molecule has 3 aromatic carbocycles. The van der Waals surface area contributed by atoms with Crippen LogP contribution in [0.3, 0.4) is 0 Å². The van der Waals surface area contributed by atoms with Gasteiger partial charge in [0.15, 0.2) is 12.1 Å². The molecule has 1 heterocycles. The molecular weight excluding hydrogens is 366 g/mol. The number of hydrogen-bond acceptors (Lipinski definition) is 4. The number of aldehydes is 1. The summed E-state index contributed by atoms with van der Waals surface area (Å²) in [7, 11) is 1.63. The van der Waals surface area contributed by atoms with E-state index in [4.69, 9.17) is 4.74 Å². The van der Waals surface area contributed by atoms with Gasteiger partial charge in [0.25, 0.3) is 5.91 Å². The van der Waals surface area contributed by atoms with Crippen LogP contribution in [0.4, 0.5) is 5.82 Å². The Morgan fingerprint density at radius 1 is 1.03 bits per heavy atom. The van der Waals surface area contributed by atoms with Gasteiger partial charge < -0.3 is 4.74 Å². The SMILES string of the molecule is CN(C(=O)c1ccccc1C=O)c1n[nH]c2cccc(OCc3ccccc3)c12. The van der Waals surface area contributed by atoms with E-state index in [1.54, 1.807) is 31.3 Å². The van der Waals surface area contributed by atoms with Crippen molar-refractivity contribution >= 4 is 28.9 Å². The fraction of sp³-hybridized carbons (Fsp3) is 0.0870. The van der Waals surface area contributed by atoms with E-state index in [2.05, 4.69) is 10.2 Å². The van der Waals surface area contributed by atoms with Crippen LogP contribution in [0.25, 0.3) is 10.9 Å². The van der Waals surface area contributed by atoms with E-state index >= 15 is 0 Å². The normalized spacial score (nSPS) is 10.7. The molecular formula is C23H19N3O3. The minimum atomic E-state index is -0.320. The van der Waals surface area contributed by atoms with Crippen molar-refractivity contribution in [2.24, 2.45) is 0 Å². The van der Waals surface area contributed by atoms with Crippen molar-refractivity contribution in [1.29, 1.82) is 0 Å². The molecule has 0 spiro atoms. The number of nitrogens with zero attached hydrogens (tertiary/aromatic N) is 2. The Labute approximate surface area is 167 Å². The minimum Gasteiger partial charge on any atom is -0.488 e. The van der Waals surface area contributed by atoms with Crippen LogP contribution in [0, 0.1) is 0 Å². The summed E-state index contributed by atoms with van der Waals surface area (Å²) in [4.78, 5) is 25.8. The molecule has 0 fully saturated rings. The van der Waals surface area contributed by atoms with Crippen LogP contribution in [0.15, 0.2) is 72.8 Å². The number of carbonyl (C=O) groups excluding carboxylic acids is 2. The summed E-state index contributed by atoms with van der Waals surface area (Å²) in [6.07, 6.45) is 0.679. The number of fused-ring (bicyclic) bond motifs is 1. The van der Waals surface area contributed by atoms with Crippen LogP contribution < -0.4 is 9.64 Å². The van der Waals surface area contributed by atoms with Crippen LogP contribution in [-0.2, 0) is 6.61 Å². The van der Waals surface area contributed by atoms with Gasteiger partial charge in [-0.25, -0.2) is 0 Å². The lowest BCUT2D eigenvalue weighted by atomic mass is 10.1. The van der Waals surface area contributed by atoms with Crippen molar-refractivity contribution in [2.75, 3.05) is 11.9 Å². The fourth-order valence-electron chi connectivity index (χ4n) is 3.19. The second-order valence-corrected chi connectivity index (χ2v) is 6.57. The van der Waals surface area contributed by atoms with Crippen LogP contribution in [0.2, 0.25) is 0 Å². The van der Waals surface area contributed by atoms with Gasteiger partial charge in [0, 0.05) is 12.6 Å². The third kappa shape index (κ3) is 3.60. The van der Waals surface area contributed by atoms with Crippen molar-refractivity contribution in [1.82, 2.24) is 10.2 Å². The highest BCUT2D eigenvalue weighted by Crippen LogP contribution is 2.33. The molecule has 0 atom stereocenters. The zero-order valence-electron chi connectivity index (χ0n) is 15.8. The number of H-pyrrole nitrogens is 1. The van der Waals surface area contributed by atoms with E-state index < -0.39 is 0 Å². The number of aromatic amines is 1. The number of hydrogen-bond donors (Lipinski definition) is 1. The van der Waals surface area contributed by atoms with E-state index in [-0.39, 0.29) is 5.91 Å². The highest BCUT2D eigenvalue weighted by atomic mass is 16.5. The van der Waals surface area contributed by atoms with Crippen molar-refractivity contribution in [3.05, 3.63) is 89.5 Å². The van der Waals surface area contributed by atoms with E-state index in [1.807, 2.05) is 48.5 Å². The fourth-order valence-corrected chi connectivity index (χ4v) is 3.19. The Bertz CT molecular complexity index is 1170. The van der Waals surface area contributed by atoms with Crippen molar-refractivity contribution < 1.29 is 14.3 Å². The van der Waals surface area contributed by atoms with Crippen LogP contribution >= 0.6 is 0 Å². The smallest absolute Gasteiger partial charge is 0.259 e. The maximum atomic E-state index is 13.0. The predicted octanol–water partition coefficient (Wildman–Crippen LogP) is 4.23. The first kappa shape index (κ1) is 18.4. The number of aromatic nitrogens is 2. The van der Waals surface area contributed by atoms with Crippen LogP contribution in [0.1, 0.15) is 26.3 Å². The first-order valence-electron chi connectivity index (χ1n) is 9.15. The third-order valence-corrected chi connectivity index (χ3v) is 4.71. The Morgan fingerprint density at radius 3 is 2.59 bits per heavy atom. The number of ether oxygens (including phenoxy) is 1. The molecule has 1 aromatic heterocycles. The lowest BCUT2D eigenvalue weighted by Gasteiger charge is -2.17. The monoisotopic (exact) mass is 385 g/mol. The summed E-state index contributed by atoms with van der Waals surface area (Å²) < 4.78 is 6.03. The molecule has 4 aromatic rings. The molecule has 0 bridgehead atoms. The molecule has 4 rings (SSSR count). The van der Waals surface area contributed by atoms with Gasteiger partial charge in [-0.1, -0.05) is 54.6 Å². The van der Waals surface area contributed by atoms with Crippen molar-refractivity contribution in [2.45, 2.75) is 6.61 Å². The summed E-state index contributed by atoms with van der Waals surface area (Å²) in [5.74, 6) is 0.742. The van der Waals surface area contributed by atoms with Gasteiger partial charge in [0.2, 0.25) is 0 Å². The van der Waals surface area contributed by atoms with Gasteiger partial charge in [0.1, 0.15) is 12.4 Å². The number of carbonyl (C=O) groups is 2. The van der Waals surface area contributed by atoms with Gasteiger partial charge in [-0.05, 0) is 23.8 Å². The molecule has 6 heteroatoms. The third-order valence-electron chi connectivity index (χ3n) is 4.71. The summed E-state index contributed by atoms with van der Waals surface area (Å²) in [5, 5.41) is 7.98. The summed E-state index contributed by atoms with van der Waals surface area (Å²) in [6, 6.07) is 22.1. The highest BCUT2D eigenvalue weighted by molar-refractivity contribution is 6.13. The van der Waals surface area contributed by atoms with E-state index in [9.17, 15) is 9.59 Å². The first-order chi connectivity index (χ1) is 14.2. The highest BCUT2D eigenvalue weighted by Gasteiger charge is 2.22. The largest absolute Gasteiger partial charge is 0.488 e. The summed E-state index contributed by atoms with van der Waals surface area (Å²) in [5.41, 5.74) is 2.46. The molecule has 0 unspecified atom stereocenters. The van der Waals surface area contributed by atoms with Gasteiger partial charge in [-0.3, -0.25) is 19.6 Å². The maximum Gasteiger partial charge on any atom is 0.259 e. The molecule has 0 aliphatic carbocycles. The summed E-state index contributed by atoms with van der Waals surface area (Å²) in [6.45, 7) is 0.399. The van der Waals surface area contributed by atoms with Crippen molar-refractivity contribution in [3.8, 4) is 5.75 Å². The zero-order valence-corrected chi connectivity index (χ0v) is 15.8. The molecule has 0 saturated heterocycles. The molecule has 1 N–H and O–H groups in total. The standard InChI is InChI=1S/C23H19N3O3/c1-26(23(28)18-11-6-5-10-17(18)14-27)22-21-19(24-25-22)12-7-13-20(21)29-15-16-8-3-2-4-9-16/h2-14H,15H2,1H3,(H,24,25). The topological polar surface area (TPSA) is 75.3 Å². The minimum absolute atomic E-state index is 0.320. The number of nitrogens with one attached hydrogen (secondary N) is 1. The molecule has 0 radical (unpaired) electrons.